The highest BCUT2D eigenvalue weighted by atomic mass is 32.1. The molecule has 0 saturated heterocycles. The fraction of sp³-hybridized carbons (Fsp3) is 0.526. The number of nitro benzene ring substituents is 1. The molecule has 1 aliphatic rings. The van der Waals surface area contributed by atoms with Crippen LogP contribution in [-0.4, -0.2) is 28.0 Å². The first kappa shape index (κ1) is 20.2. The van der Waals surface area contributed by atoms with E-state index in [1.54, 1.807) is 17.6 Å². The smallest absolute Gasteiger partial charge is 0.326 e. The third-order valence-corrected chi connectivity index (χ3v) is 5.97. The Kier molecular flexibility index (Phi) is 6.56. The fourth-order valence-corrected chi connectivity index (χ4v) is 4.62. The van der Waals surface area contributed by atoms with Gasteiger partial charge in [0.1, 0.15) is 6.54 Å². The van der Waals surface area contributed by atoms with Crippen LogP contribution in [0, 0.1) is 16.0 Å². The maximum atomic E-state index is 12.4. The van der Waals surface area contributed by atoms with Crippen LogP contribution in [0.2, 0.25) is 0 Å². The molecule has 1 heterocycles. The summed E-state index contributed by atoms with van der Waals surface area (Å²) in [5, 5.41) is 11.0. The predicted molar refractivity (Wildman–Crippen MR) is 105 cm³/mol. The average molecular weight is 405 g/mol. The van der Waals surface area contributed by atoms with Gasteiger partial charge < -0.3 is 9.30 Å². The first-order valence-electron chi connectivity index (χ1n) is 9.49. The molecule has 0 N–H and O–H groups in total. The lowest BCUT2D eigenvalue weighted by atomic mass is 10.0. The van der Waals surface area contributed by atoms with Crippen molar-refractivity contribution in [3.05, 3.63) is 33.1 Å². The highest BCUT2D eigenvalue weighted by Gasteiger charge is 2.18. The number of esters is 1. The minimum atomic E-state index is -0.474. The number of carbonyl (C=O) groups is 2. The molecule has 150 valence electrons. The topological polar surface area (TPSA) is 104 Å². The molecule has 1 saturated carbocycles. The zero-order valence-electron chi connectivity index (χ0n) is 15.8. The number of hydrogen-bond donors (Lipinski definition) is 0. The number of fused-ring (bicyclic) bond motifs is 1. The van der Waals surface area contributed by atoms with Gasteiger partial charge >= 0.3 is 5.97 Å². The average Bonchev–Trinajstić information content (AvgIpc) is 3.28. The first-order chi connectivity index (χ1) is 13.5. The summed E-state index contributed by atoms with van der Waals surface area (Å²) in [6.07, 6.45) is 6.00. The summed E-state index contributed by atoms with van der Waals surface area (Å²) in [6.45, 7) is 1.87. The van der Waals surface area contributed by atoms with Crippen molar-refractivity contribution < 1.29 is 19.2 Å². The third kappa shape index (κ3) is 4.83. The predicted octanol–water partition coefficient (Wildman–Crippen LogP) is 3.57. The molecule has 28 heavy (non-hydrogen) atoms. The van der Waals surface area contributed by atoms with Crippen molar-refractivity contribution in [2.45, 2.75) is 52.0 Å². The molecule has 1 fully saturated rings. The number of nitro groups is 1. The monoisotopic (exact) mass is 405 g/mol. The Hall–Kier alpha value is -2.55. The maximum Gasteiger partial charge on any atom is 0.326 e. The molecule has 0 atom stereocenters. The van der Waals surface area contributed by atoms with Crippen LogP contribution in [0.15, 0.2) is 23.2 Å². The van der Waals surface area contributed by atoms with E-state index in [9.17, 15) is 19.7 Å². The number of carbonyl (C=O) groups excluding carboxylic acids is 2. The van der Waals surface area contributed by atoms with Crippen LogP contribution in [0.4, 0.5) is 5.69 Å². The Bertz CT molecular complexity index is 956. The Morgan fingerprint density at radius 2 is 2.11 bits per heavy atom. The second-order valence-corrected chi connectivity index (χ2v) is 7.89. The zero-order chi connectivity index (χ0) is 20.1. The standard InChI is InChI=1S/C19H23N3O5S/c1-2-27-18(24)12-21-15-9-8-14(22(25)26)11-16(15)28-19(21)20-17(23)10-7-13-5-3-4-6-13/h8-9,11,13H,2-7,10,12H2,1H3. The molecule has 0 unspecified atom stereocenters. The fourth-order valence-electron chi connectivity index (χ4n) is 3.54. The van der Waals surface area contributed by atoms with Crippen LogP contribution < -0.4 is 4.80 Å². The summed E-state index contributed by atoms with van der Waals surface area (Å²) >= 11 is 1.17. The van der Waals surface area contributed by atoms with E-state index in [4.69, 9.17) is 4.74 Å². The Morgan fingerprint density at radius 1 is 1.36 bits per heavy atom. The molecule has 1 aliphatic carbocycles. The van der Waals surface area contributed by atoms with Gasteiger partial charge in [-0.3, -0.25) is 19.7 Å². The molecular formula is C19H23N3O5S. The lowest BCUT2D eigenvalue weighted by Gasteiger charge is -2.06. The number of hydrogen-bond acceptors (Lipinski definition) is 6. The summed E-state index contributed by atoms with van der Waals surface area (Å²) < 4.78 is 7.20. The number of nitrogens with zero attached hydrogens (tertiary/aromatic N) is 3. The quantitative estimate of drug-likeness (QED) is 0.398. The largest absolute Gasteiger partial charge is 0.465 e. The Morgan fingerprint density at radius 3 is 2.79 bits per heavy atom. The van der Waals surface area contributed by atoms with Gasteiger partial charge in [0, 0.05) is 18.6 Å². The summed E-state index contributed by atoms with van der Waals surface area (Å²) in [4.78, 5) is 39.5. The van der Waals surface area contributed by atoms with Gasteiger partial charge in [-0.25, -0.2) is 0 Å². The maximum absolute atomic E-state index is 12.4. The van der Waals surface area contributed by atoms with E-state index in [0.717, 1.165) is 6.42 Å². The number of non-ortho nitro benzene ring substituents is 1. The lowest BCUT2D eigenvalue weighted by Crippen LogP contribution is -2.23. The van der Waals surface area contributed by atoms with E-state index in [1.807, 2.05) is 0 Å². The van der Waals surface area contributed by atoms with Crippen LogP contribution in [0.25, 0.3) is 10.2 Å². The second-order valence-electron chi connectivity index (χ2n) is 6.88. The molecule has 3 rings (SSSR count). The zero-order valence-corrected chi connectivity index (χ0v) is 16.6. The van der Waals surface area contributed by atoms with Gasteiger partial charge in [0.25, 0.3) is 5.69 Å². The molecule has 1 aromatic carbocycles. The number of benzene rings is 1. The summed E-state index contributed by atoms with van der Waals surface area (Å²) in [7, 11) is 0. The van der Waals surface area contributed by atoms with Crippen molar-refractivity contribution in [2.75, 3.05) is 6.61 Å². The molecular weight excluding hydrogens is 382 g/mol. The third-order valence-electron chi connectivity index (χ3n) is 4.93. The molecule has 0 radical (unpaired) electrons. The minimum Gasteiger partial charge on any atom is -0.465 e. The van der Waals surface area contributed by atoms with Gasteiger partial charge in [-0.05, 0) is 25.3 Å². The van der Waals surface area contributed by atoms with Gasteiger partial charge in [-0.1, -0.05) is 37.0 Å². The second kappa shape index (κ2) is 9.09. The van der Waals surface area contributed by atoms with Gasteiger partial charge in [0.15, 0.2) is 4.80 Å². The van der Waals surface area contributed by atoms with Crippen molar-refractivity contribution >= 4 is 39.1 Å². The molecule has 0 spiro atoms. The van der Waals surface area contributed by atoms with Gasteiger partial charge in [-0.15, -0.1) is 0 Å². The summed E-state index contributed by atoms with van der Waals surface area (Å²) in [5.74, 6) is -0.0816. The van der Waals surface area contributed by atoms with Crippen molar-refractivity contribution in [1.29, 1.82) is 0 Å². The van der Waals surface area contributed by atoms with Crippen molar-refractivity contribution in [2.24, 2.45) is 10.9 Å². The number of thiazole rings is 1. The van der Waals surface area contributed by atoms with E-state index in [2.05, 4.69) is 4.99 Å². The molecule has 2 aromatic rings. The van der Waals surface area contributed by atoms with E-state index in [0.29, 0.717) is 27.4 Å². The molecule has 8 nitrogen and oxygen atoms in total. The highest BCUT2D eigenvalue weighted by molar-refractivity contribution is 7.16. The molecule has 1 aromatic heterocycles. The van der Waals surface area contributed by atoms with E-state index in [-0.39, 0.29) is 24.7 Å². The summed E-state index contributed by atoms with van der Waals surface area (Å²) in [5.41, 5.74) is 0.571. The van der Waals surface area contributed by atoms with E-state index < -0.39 is 10.9 Å². The van der Waals surface area contributed by atoms with Gasteiger partial charge in [0.05, 0.1) is 21.7 Å². The molecule has 0 aliphatic heterocycles. The van der Waals surface area contributed by atoms with Crippen LogP contribution in [0.3, 0.4) is 0 Å². The Labute approximate surface area is 166 Å². The van der Waals surface area contributed by atoms with Crippen LogP contribution in [0.1, 0.15) is 45.4 Å². The first-order valence-corrected chi connectivity index (χ1v) is 10.3. The van der Waals surface area contributed by atoms with Crippen molar-refractivity contribution in [3.63, 3.8) is 0 Å². The normalized spacial score (nSPS) is 15.2. The van der Waals surface area contributed by atoms with Gasteiger partial charge in [0.2, 0.25) is 5.91 Å². The minimum absolute atomic E-state index is 0.0452. The van der Waals surface area contributed by atoms with E-state index in [1.165, 1.54) is 49.2 Å². The lowest BCUT2D eigenvalue weighted by molar-refractivity contribution is -0.384. The number of rotatable bonds is 7. The van der Waals surface area contributed by atoms with Gasteiger partial charge in [-0.2, -0.15) is 4.99 Å². The summed E-state index contributed by atoms with van der Waals surface area (Å²) in [6, 6.07) is 4.39. The van der Waals surface area contributed by atoms with Crippen molar-refractivity contribution in [3.8, 4) is 0 Å². The molecule has 9 heteroatoms. The van der Waals surface area contributed by atoms with E-state index >= 15 is 0 Å². The molecule has 0 bridgehead atoms. The highest BCUT2D eigenvalue weighted by Crippen LogP contribution is 2.28. The van der Waals surface area contributed by atoms with Crippen molar-refractivity contribution in [1.82, 2.24) is 4.57 Å². The number of amides is 1. The van der Waals surface area contributed by atoms with Crippen LogP contribution >= 0.6 is 11.3 Å². The van der Waals surface area contributed by atoms with Crippen LogP contribution in [0.5, 0.6) is 0 Å². The van der Waals surface area contributed by atoms with Crippen LogP contribution in [-0.2, 0) is 20.9 Å². The number of aromatic nitrogens is 1. The molecule has 1 amide bonds. The number of ether oxygens (including phenoxy) is 1. The Balaban J connectivity index is 1.91. The SMILES string of the molecule is CCOC(=O)Cn1c(=NC(=O)CCC2CCCC2)sc2cc([N+](=O)[O-])ccc21.